The molecule has 1 saturated heterocycles. The smallest absolute Gasteiger partial charge is 0.264 e. The Morgan fingerprint density at radius 3 is 2.54 bits per heavy atom. The molecular formula is C18H12FN2O4S-. The second-order valence-corrected chi connectivity index (χ2v) is 6.22. The first-order valence-corrected chi connectivity index (χ1v) is 8.29. The standard InChI is InChI=1S/C18H13FN2O4S/c19-12-3-5-13(6-4-12)20-18-21-17(24)15(26-18)9-11-1-7-14(8-2-11)25-10-16(22)23/h1-9H,10H2,(H,22,23)(H,20,21,24)/p-1/b15-9-. The Labute approximate surface area is 152 Å². The van der Waals surface area contributed by atoms with Crippen LogP contribution in [-0.2, 0) is 9.59 Å². The number of benzene rings is 2. The molecule has 2 aromatic carbocycles. The van der Waals surface area contributed by atoms with E-state index in [-0.39, 0.29) is 11.7 Å². The van der Waals surface area contributed by atoms with E-state index in [2.05, 4.69) is 10.3 Å². The lowest BCUT2D eigenvalue weighted by Gasteiger charge is -2.06. The minimum Gasteiger partial charge on any atom is -0.546 e. The van der Waals surface area contributed by atoms with Crippen LogP contribution in [0.4, 0.5) is 10.1 Å². The minimum atomic E-state index is -1.30. The molecule has 0 bridgehead atoms. The second-order valence-electron chi connectivity index (χ2n) is 5.19. The van der Waals surface area contributed by atoms with Crippen molar-refractivity contribution in [2.75, 3.05) is 6.61 Å². The molecule has 0 spiro atoms. The van der Waals surface area contributed by atoms with E-state index >= 15 is 0 Å². The minimum absolute atomic E-state index is 0.284. The van der Waals surface area contributed by atoms with Gasteiger partial charge in [-0.05, 0) is 59.8 Å². The lowest BCUT2D eigenvalue weighted by atomic mass is 10.2. The highest BCUT2D eigenvalue weighted by Crippen LogP contribution is 2.28. The molecule has 8 heteroatoms. The van der Waals surface area contributed by atoms with Crippen molar-refractivity contribution in [3.05, 3.63) is 64.8 Å². The second kappa shape index (κ2) is 7.83. The van der Waals surface area contributed by atoms with Gasteiger partial charge in [-0.2, -0.15) is 0 Å². The molecule has 132 valence electrons. The van der Waals surface area contributed by atoms with Gasteiger partial charge in [-0.25, -0.2) is 9.38 Å². The molecule has 0 aliphatic carbocycles. The number of carbonyl (C=O) groups is 2. The summed E-state index contributed by atoms with van der Waals surface area (Å²) in [5.41, 5.74) is 1.27. The molecule has 6 nitrogen and oxygen atoms in total. The van der Waals surface area contributed by atoms with E-state index in [1.54, 1.807) is 30.3 Å². The Hall–Kier alpha value is -3.13. The first-order chi connectivity index (χ1) is 12.5. The average molecular weight is 371 g/mol. The van der Waals surface area contributed by atoms with Crippen molar-refractivity contribution < 1.29 is 23.8 Å². The molecule has 0 aromatic heterocycles. The summed E-state index contributed by atoms with van der Waals surface area (Å²) in [6.07, 6.45) is 1.68. The van der Waals surface area contributed by atoms with Crippen molar-refractivity contribution in [1.82, 2.24) is 5.32 Å². The molecule has 1 aliphatic rings. The van der Waals surface area contributed by atoms with Crippen LogP contribution < -0.4 is 15.2 Å². The molecule has 3 rings (SSSR count). The molecule has 1 heterocycles. The number of nitrogens with zero attached hydrogens (tertiary/aromatic N) is 1. The number of nitrogens with one attached hydrogen (secondary N) is 1. The first-order valence-electron chi connectivity index (χ1n) is 7.47. The van der Waals surface area contributed by atoms with Crippen LogP contribution in [0.25, 0.3) is 6.08 Å². The van der Waals surface area contributed by atoms with Gasteiger partial charge in [0.1, 0.15) is 18.2 Å². The molecule has 1 N–H and O–H groups in total. The van der Waals surface area contributed by atoms with Crippen LogP contribution >= 0.6 is 11.8 Å². The van der Waals surface area contributed by atoms with Gasteiger partial charge in [0, 0.05) is 0 Å². The van der Waals surface area contributed by atoms with Crippen molar-refractivity contribution in [2.24, 2.45) is 4.99 Å². The third-order valence-corrected chi connectivity index (χ3v) is 4.15. The molecule has 1 aliphatic heterocycles. The maximum Gasteiger partial charge on any atom is 0.264 e. The van der Waals surface area contributed by atoms with Gasteiger partial charge in [0.2, 0.25) is 0 Å². The normalized spacial score (nSPS) is 16.7. The summed E-state index contributed by atoms with van der Waals surface area (Å²) >= 11 is 1.17. The fourth-order valence-corrected chi connectivity index (χ4v) is 2.91. The molecule has 0 atom stereocenters. The summed E-state index contributed by atoms with van der Waals surface area (Å²) in [6.45, 7) is -0.526. The Bertz CT molecular complexity index is 892. The van der Waals surface area contributed by atoms with E-state index in [4.69, 9.17) is 4.74 Å². The summed E-state index contributed by atoms with van der Waals surface area (Å²) in [5, 5.41) is 13.4. The van der Waals surface area contributed by atoms with Gasteiger partial charge in [-0.15, -0.1) is 0 Å². The van der Waals surface area contributed by atoms with E-state index in [1.807, 2.05) is 0 Å². The number of aliphatic imine (C=N–C) groups is 1. The zero-order chi connectivity index (χ0) is 18.5. The quantitative estimate of drug-likeness (QED) is 0.810. The molecule has 2 aromatic rings. The number of thioether (sulfide) groups is 1. The molecule has 0 unspecified atom stereocenters. The van der Waals surface area contributed by atoms with Crippen LogP contribution in [0.1, 0.15) is 5.56 Å². The molecular weight excluding hydrogens is 359 g/mol. The van der Waals surface area contributed by atoms with E-state index < -0.39 is 12.6 Å². The van der Waals surface area contributed by atoms with Crippen LogP contribution in [0.5, 0.6) is 5.75 Å². The van der Waals surface area contributed by atoms with Crippen molar-refractivity contribution in [1.29, 1.82) is 0 Å². The van der Waals surface area contributed by atoms with Gasteiger partial charge in [-0.1, -0.05) is 12.1 Å². The fraction of sp³-hybridized carbons (Fsp3) is 0.0556. The average Bonchev–Trinajstić information content (AvgIpc) is 2.95. The Morgan fingerprint density at radius 2 is 1.88 bits per heavy atom. The number of hydrogen-bond acceptors (Lipinski definition) is 6. The van der Waals surface area contributed by atoms with Gasteiger partial charge in [0.25, 0.3) is 5.91 Å². The van der Waals surface area contributed by atoms with Crippen LogP contribution in [0.2, 0.25) is 0 Å². The van der Waals surface area contributed by atoms with Crippen LogP contribution in [-0.4, -0.2) is 23.7 Å². The van der Waals surface area contributed by atoms with Crippen LogP contribution in [0.3, 0.4) is 0 Å². The third-order valence-electron chi connectivity index (χ3n) is 3.24. The molecule has 1 amide bonds. The zero-order valence-electron chi connectivity index (χ0n) is 13.3. The molecule has 0 radical (unpaired) electrons. The highest BCUT2D eigenvalue weighted by Gasteiger charge is 2.23. The van der Waals surface area contributed by atoms with Crippen LogP contribution in [0.15, 0.2) is 58.4 Å². The van der Waals surface area contributed by atoms with Gasteiger partial charge < -0.3 is 20.0 Å². The predicted molar refractivity (Wildman–Crippen MR) is 94.1 cm³/mol. The Balaban J connectivity index is 1.70. The number of carboxylic acids is 1. The number of aliphatic carboxylic acids is 1. The van der Waals surface area contributed by atoms with Gasteiger partial charge in [-0.3, -0.25) is 4.79 Å². The summed E-state index contributed by atoms with van der Waals surface area (Å²) in [6, 6.07) is 12.2. The van der Waals surface area contributed by atoms with Crippen molar-refractivity contribution in [3.63, 3.8) is 0 Å². The number of ether oxygens (including phenoxy) is 1. The monoisotopic (exact) mass is 371 g/mol. The van der Waals surface area contributed by atoms with E-state index in [1.165, 1.54) is 36.0 Å². The first kappa shape index (κ1) is 17.7. The van der Waals surface area contributed by atoms with Gasteiger partial charge in [0.05, 0.1) is 16.6 Å². The fourth-order valence-electron chi connectivity index (χ4n) is 2.07. The molecule has 26 heavy (non-hydrogen) atoms. The summed E-state index contributed by atoms with van der Waals surface area (Å²) < 4.78 is 17.9. The lowest BCUT2D eigenvalue weighted by Crippen LogP contribution is -2.28. The Kier molecular flexibility index (Phi) is 5.33. The topological polar surface area (TPSA) is 90.8 Å². The molecule has 0 saturated carbocycles. The van der Waals surface area contributed by atoms with E-state index in [0.717, 1.165) is 5.56 Å². The highest BCUT2D eigenvalue weighted by atomic mass is 32.2. The van der Waals surface area contributed by atoms with Crippen molar-refractivity contribution in [3.8, 4) is 5.75 Å². The van der Waals surface area contributed by atoms with Gasteiger partial charge >= 0.3 is 0 Å². The lowest BCUT2D eigenvalue weighted by molar-refractivity contribution is -0.307. The summed E-state index contributed by atoms with van der Waals surface area (Å²) in [4.78, 5) is 27.1. The number of carboxylic acid groups (broad SMARTS) is 1. The SMILES string of the molecule is O=C([O-])COc1ccc(/C=C2\SC(=Nc3ccc(F)cc3)NC2=O)cc1. The number of halogens is 1. The van der Waals surface area contributed by atoms with E-state index in [9.17, 15) is 19.1 Å². The predicted octanol–water partition coefficient (Wildman–Crippen LogP) is 1.85. The van der Waals surface area contributed by atoms with E-state index in [0.29, 0.717) is 21.5 Å². The molecule has 1 fully saturated rings. The maximum atomic E-state index is 12.9. The largest absolute Gasteiger partial charge is 0.546 e. The van der Waals surface area contributed by atoms with Crippen LogP contribution in [0, 0.1) is 5.82 Å². The number of amidine groups is 1. The maximum absolute atomic E-state index is 12.9. The highest BCUT2D eigenvalue weighted by molar-refractivity contribution is 8.18. The number of rotatable bonds is 5. The van der Waals surface area contributed by atoms with Gasteiger partial charge in [0.15, 0.2) is 5.17 Å². The number of amides is 1. The zero-order valence-corrected chi connectivity index (χ0v) is 14.1. The van der Waals surface area contributed by atoms with Crippen molar-refractivity contribution in [2.45, 2.75) is 0 Å². The summed E-state index contributed by atoms with van der Waals surface area (Å²) in [7, 11) is 0. The van der Waals surface area contributed by atoms with Crippen molar-refractivity contribution >= 4 is 40.6 Å². The number of hydrogen-bond donors (Lipinski definition) is 1. The summed E-state index contributed by atoms with van der Waals surface area (Å²) in [5.74, 6) is -1.56. The Morgan fingerprint density at radius 1 is 1.19 bits per heavy atom. The third kappa shape index (κ3) is 4.70. The number of carbonyl (C=O) groups excluding carboxylic acids is 2.